The van der Waals surface area contributed by atoms with Gasteiger partial charge in [-0.1, -0.05) is 164 Å². The Morgan fingerprint density at radius 3 is 1.00 bits per heavy atom. The van der Waals surface area contributed by atoms with Crippen molar-refractivity contribution in [1.82, 2.24) is 0 Å². The van der Waals surface area contributed by atoms with Gasteiger partial charge < -0.3 is 19.6 Å². The molecular weight excluding hydrogens is 801 g/mol. The van der Waals surface area contributed by atoms with Gasteiger partial charge in [-0.05, 0) is 132 Å². The van der Waals surface area contributed by atoms with Crippen molar-refractivity contribution in [3.05, 3.63) is 279 Å². The van der Waals surface area contributed by atoms with Crippen molar-refractivity contribution >= 4 is 56.9 Å². The zero-order chi connectivity index (χ0) is 44.9. The molecule has 4 nitrogen and oxygen atoms in total. The van der Waals surface area contributed by atoms with E-state index in [0.29, 0.717) is 0 Å². The first-order valence-electron chi connectivity index (χ1n) is 22.4. The molecule has 0 aliphatic carbocycles. The summed E-state index contributed by atoms with van der Waals surface area (Å²) in [5.41, 5.74) is 16.2. The lowest BCUT2D eigenvalue weighted by Gasteiger charge is -2.28. The zero-order valence-corrected chi connectivity index (χ0v) is 37.3. The number of anilines is 10. The van der Waals surface area contributed by atoms with Crippen molar-refractivity contribution in [2.45, 2.75) is 0 Å². The van der Waals surface area contributed by atoms with Crippen LogP contribution in [0.4, 0.5) is 56.9 Å². The maximum Gasteiger partial charge on any atom is 0.0540 e. The molecule has 66 heavy (non-hydrogen) atoms. The fourth-order valence-electron chi connectivity index (χ4n) is 8.27. The summed E-state index contributed by atoms with van der Waals surface area (Å²) in [6.07, 6.45) is 0. The first-order chi connectivity index (χ1) is 32.6. The number of rotatable bonds is 12. The number of hydrogen-bond acceptors (Lipinski definition) is 4. The molecule has 0 unspecified atom stereocenters. The second-order valence-corrected chi connectivity index (χ2v) is 16.0. The van der Waals surface area contributed by atoms with Crippen molar-refractivity contribution in [1.29, 1.82) is 0 Å². The van der Waals surface area contributed by atoms with Crippen LogP contribution in [0.3, 0.4) is 0 Å². The van der Waals surface area contributed by atoms with E-state index in [1.54, 1.807) is 0 Å². The normalized spacial score (nSPS) is 10.6. The SMILES string of the molecule is CN(c1ccccc1)c1ccc(N(c2ccccc2)c2cccc(-c3ccccc3)c2)cc1.CN(c1ccccc1)c1ccc(N(c2ccccc2)c2ccccc2-c2ccccc2)cc1. The smallest absolute Gasteiger partial charge is 0.0540 e. The number of benzene rings is 10. The lowest BCUT2D eigenvalue weighted by atomic mass is 10.0. The van der Waals surface area contributed by atoms with Crippen LogP contribution < -0.4 is 19.6 Å². The van der Waals surface area contributed by atoms with Gasteiger partial charge in [0.2, 0.25) is 0 Å². The molecule has 0 spiro atoms. The van der Waals surface area contributed by atoms with Gasteiger partial charge >= 0.3 is 0 Å². The summed E-state index contributed by atoms with van der Waals surface area (Å²) in [6, 6.07) is 97.9. The van der Waals surface area contributed by atoms with Gasteiger partial charge in [-0.15, -0.1) is 0 Å². The van der Waals surface area contributed by atoms with Crippen molar-refractivity contribution < 1.29 is 0 Å². The zero-order valence-electron chi connectivity index (χ0n) is 37.3. The molecule has 0 aromatic heterocycles. The third-order valence-electron chi connectivity index (χ3n) is 11.7. The third kappa shape index (κ3) is 9.94. The van der Waals surface area contributed by atoms with Crippen LogP contribution in [0.5, 0.6) is 0 Å². The molecule has 0 bridgehead atoms. The number of hydrogen-bond donors (Lipinski definition) is 0. The average molecular weight is 853 g/mol. The molecule has 4 heteroatoms. The van der Waals surface area contributed by atoms with Gasteiger partial charge in [-0.25, -0.2) is 0 Å². The highest BCUT2D eigenvalue weighted by atomic mass is 15.2. The molecule has 10 aromatic rings. The quantitative estimate of drug-likeness (QED) is 0.121. The Labute approximate surface area is 390 Å². The molecule has 0 fully saturated rings. The monoisotopic (exact) mass is 852 g/mol. The maximum absolute atomic E-state index is 2.33. The third-order valence-corrected chi connectivity index (χ3v) is 11.7. The van der Waals surface area contributed by atoms with Gasteiger partial charge in [0.1, 0.15) is 0 Å². The van der Waals surface area contributed by atoms with E-state index in [1.807, 2.05) is 12.1 Å². The molecule has 10 rings (SSSR count). The van der Waals surface area contributed by atoms with Gasteiger partial charge in [-0.2, -0.15) is 0 Å². The first-order valence-corrected chi connectivity index (χ1v) is 22.4. The summed E-state index contributed by atoms with van der Waals surface area (Å²) in [5.74, 6) is 0. The van der Waals surface area contributed by atoms with E-state index in [-0.39, 0.29) is 0 Å². The van der Waals surface area contributed by atoms with Crippen LogP contribution in [0.25, 0.3) is 22.3 Å². The molecule has 320 valence electrons. The summed E-state index contributed by atoms with van der Waals surface area (Å²) in [6.45, 7) is 0. The van der Waals surface area contributed by atoms with Gasteiger partial charge in [-0.3, -0.25) is 0 Å². The predicted molar refractivity (Wildman–Crippen MR) is 282 cm³/mol. The Bertz CT molecular complexity index is 3020. The molecule has 0 radical (unpaired) electrons. The van der Waals surface area contributed by atoms with Crippen LogP contribution in [0, 0.1) is 0 Å². The summed E-state index contributed by atoms with van der Waals surface area (Å²) in [5, 5.41) is 0. The Morgan fingerprint density at radius 1 is 0.212 bits per heavy atom. The van der Waals surface area contributed by atoms with Crippen molar-refractivity contribution in [3.8, 4) is 22.3 Å². The van der Waals surface area contributed by atoms with E-state index in [0.717, 1.165) is 45.5 Å². The Balaban J connectivity index is 0.000000166. The van der Waals surface area contributed by atoms with E-state index < -0.39 is 0 Å². The van der Waals surface area contributed by atoms with Crippen LogP contribution >= 0.6 is 0 Å². The Kier molecular flexibility index (Phi) is 13.4. The van der Waals surface area contributed by atoms with Crippen LogP contribution in [0.1, 0.15) is 0 Å². The molecule has 0 heterocycles. The molecule has 0 aliphatic heterocycles. The molecule has 0 atom stereocenters. The van der Waals surface area contributed by atoms with Gasteiger partial charge in [0.05, 0.1) is 5.69 Å². The largest absolute Gasteiger partial charge is 0.345 e. The van der Waals surface area contributed by atoms with Gasteiger partial charge in [0, 0.05) is 70.8 Å². The van der Waals surface area contributed by atoms with E-state index in [4.69, 9.17) is 0 Å². The predicted octanol–water partition coefficient (Wildman–Crippen LogP) is 17.2. The fraction of sp³-hybridized carbons (Fsp3) is 0.0323. The highest BCUT2D eigenvalue weighted by Crippen LogP contribution is 2.42. The Hall–Kier alpha value is -8.60. The highest BCUT2D eigenvalue weighted by molar-refractivity contribution is 5.88. The second kappa shape index (κ2) is 20.7. The average Bonchev–Trinajstić information content (AvgIpc) is 3.41. The second-order valence-electron chi connectivity index (χ2n) is 16.0. The number of para-hydroxylation sites is 5. The minimum absolute atomic E-state index is 1.12. The lowest BCUT2D eigenvalue weighted by molar-refractivity contribution is 1.20. The molecule has 10 aromatic carbocycles. The van der Waals surface area contributed by atoms with Crippen molar-refractivity contribution in [2.24, 2.45) is 0 Å². The van der Waals surface area contributed by atoms with E-state index >= 15 is 0 Å². The molecular formula is C62H52N4. The molecule has 0 amide bonds. The van der Waals surface area contributed by atoms with Crippen LogP contribution in [0.15, 0.2) is 279 Å². The van der Waals surface area contributed by atoms with Gasteiger partial charge in [0.15, 0.2) is 0 Å². The lowest BCUT2D eigenvalue weighted by Crippen LogP contribution is -2.12. The minimum Gasteiger partial charge on any atom is -0.345 e. The van der Waals surface area contributed by atoms with E-state index in [9.17, 15) is 0 Å². The summed E-state index contributed by atoms with van der Waals surface area (Å²) < 4.78 is 0. The van der Waals surface area contributed by atoms with Crippen LogP contribution in [-0.4, -0.2) is 14.1 Å². The molecule has 0 N–H and O–H groups in total. The standard InChI is InChI=1S/2C31H26N2/c1-32(26-15-7-3-8-16-26)27-21-23-29(24-22-27)33(28-17-9-4-10-18-28)31-20-12-11-19-30(31)25-13-5-2-6-14-25;1-32(27-15-7-3-8-16-27)28-20-22-30(23-21-28)33(29-17-9-4-10-18-29)31-19-11-14-26(24-31)25-12-5-2-6-13-25/h2*2-24H,1H3. The highest BCUT2D eigenvalue weighted by Gasteiger charge is 2.18. The van der Waals surface area contributed by atoms with Crippen molar-refractivity contribution in [3.63, 3.8) is 0 Å². The molecule has 0 saturated carbocycles. The summed E-state index contributed by atoms with van der Waals surface area (Å²) >= 11 is 0. The van der Waals surface area contributed by atoms with E-state index in [2.05, 4.69) is 301 Å². The molecule has 0 saturated heterocycles. The fourth-order valence-corrected chi connectivity index (χ4v) is 8.27. The van der Waals surface area contributed by atoms with Crippen LogP contribution in [0.2, 0.25) is 0 Å². The first kappa shape index (κ1) is 42.7. The topological polar surface area (TPSA) is 13.0 Å². The maximum atomic E-state index is 2.33. The van der Waals surface area contributed by atoms with Crippen LogP contribution in [-0.2, 0) is 0 Å². The van der Waals surface area contributed by atoms with E-state index in [1.165, 1.54) is 33.6 Å². The molecule has 0 aliphatic rings. The Morgan fingerprint density at radius 2 is 0.515 bits per heavy atom. The minimum atomic E-state index is 1.12. The van der Waals surface area contributed by atoms with Gasteiger partial charge in [0.25, 0.3) is 0 Å². The number of nitrogens with zero attached hydrogens (tertiary/aromatic N) is 4. The summed E-state index contributed by atoms with van der Waals surface area (Å²) in [4.78, 5) is 9.04. The van der Waals surface area contributed by atoms with Crippen molar-refractivity contribution in [2.75, 3.05) is 33.7 Å². The summed E-state index contributed by atoms with van der Waals surface area (Å²) in [7, 11) is 4.20.